The van der Waals surface area contributed by atoms with Crippen LogP contribution in [0.5, 0.6) is 0 Å². The Hall–Kier alpha value is -1.98. The highest BCUT2D eigenvalue weighted by atomic mass is 35.5. The molecule has 142 valence electrons. The zero-order valence-corrected chi connectivity index (χ0v) is 17.2. The molecule has 0 aromatic heterocycles. The highest BCUT2D eigenvalue weighted by Gasteiger charge is 2.35. The van der Waals surface area contributed by atoms with Crippen LogP contribution in [0.15, 0.2) is 48.5 Å². The molecular weight excluding hydrogens is 380 g/mol. The molecule has 1 heterocycles. The zero-order valence-electron chi connectivity index (χ0n) is 15.6. The summed E-state index contributed by atoms with van der Waals surface area (Å²) in [6, 6.07) is 15.7. The topological polar surface area (TPSA) is 49.4 Å². The number of halogens is 1. The molecule has 1 aliphatic rings. The molecule has 0 unspecified atom stereocenters. The fraction of sp³-hybridized carbons (Fsp3) is 0.333. The first kappa shape index (κ1) is 19.8. The highest BCUT2D eigenvalue weighted by molar-refractivity contribution is 8.00. The predicted octanol–water partition coefficient (Wildman–Crippen LogP) is 5.15. The molecular formula is C21H23ClN2O2S. The van der Waals surface area contributed by atoms with Gasteiger partial charge in [0.25, 0.3) is 0 Å². The normalized spacial score (nSPS) is 18.0. The van der Waals surface area contributed by atoms with Crippen molar-refractivity contribution in [3.8, 4) is 0 Å². The lowest BCUT2D eigenvalue weighted by molar-refractivity contribution is -0.116. The molecule has 2 aromatic rings. The zero-order chi connectivity index (χ0) is 19.6. The number of hydrogen-bond donors (Lipinski definition) is 1. The Balaban J connectivity index is 1.88. The maximum Gasteiger partial charge on any atom is 0.242 e. The Morgan fingerprint density at radius 1 is 1.15 bits per heavy atom. The summed E-state index contributed by atoms with van der Waals surface area (Å²) in [5.74, 6) is 0.670. The van der Waals surface area contributed by atoms with Gasteiger partial charge in [0.1, 0.15) is 10.8 Å². The summed E-state index contributed by atoms with van der Waals surface area (Å²) in [5, 5.41) is 2.11. The fourth-order valence-electron chi connectivity index (χ4n) is 3.10. The van der Waals surface area contributed by atoms with Gasteiger partial charge in [-0.1, -0.05) is 44.2 Å². The van der Waals surface area contributed by atoms with Gasteiger partial charge in [0.2, 0.25) is 11.8 Å². The number of carbonyl (C=O) groups is 2. The van der Waals surface area contributed by atoms with Gasteiger partial charge in [-0.2, -0.15) is 0 Å². The molecule has 1 N–H and O–H groups in total. The van der Waals surface area contributed by atoms with E-state index in [4.69, 9.17) is 11.6 Å². The third-order valence-electron chi connectivity index (χ3n) is 4.51. The van der Waals surface area contributed by atoms with Gasteiger partial charge < -0.3 is 5.32 Å². The van der Waals surface area contributed by atoms with Gasteiger partial charge in [-0.3, -0.25) is 14.5 Å². The molecule has 2 amide bonds. The van der Waals surface area contributed by atoms with Gasteiger partial charge >= 0.3 is 0 Å². The van der Waals surface area contributed by atoms with Gasteiger partial charge in [0, 0.05) is 11.4 Å². The molecule has 1 aliphatic heterocycles. The van der Waals surface area contributed by atoms with Crippen molar-refractivity contribution in [3.63, 3.8) is 0 Å². The fourth-order valence-corrected chi connectivity index (χ4v) is 4.32. The van der Waals surface area contributed by atoms with E-state index in [9.17, 15) is 9.59 Å². The highest BCUT2D eigenvalue weighted by Crippen LogP contribution is 2.44. The van der Waals surface area contributed by atoms with Crippen LogP contribution in [0.3, 0.4) is 0 Å². The van der Waals surface area contributed by atoms with Gasteiger partial charge in [-0.15, -0.1) is 23.4 Å². The molecule has 1 fully saturated rings. The molecule has 0 spiro atoms. The Labute approximate surface area is 169 Å². The summed E-state index contributed by atoms with van der Waals surface area (Å²) < 4.78 is 0. The van der Waals surface area contributed by atoms with Gasteiger partial charge in [-0.25, -0.2) is 0 Å². The average molecular weight is 403 g/mol. The van der Waals surface area contributed by atoms with Crippen LogP contribution in [0, 0.1) is 0 Å². The van der Waals surface area contributed by atoms with E-state index in [0.29, 0.717) is 17.4 Å². The minimum atomic E-state index is -0.587. The third kappa shape index (κ3) is 4.30. The predicted molar refractivity (Wildman–Crippen MR) is 114 cm³/mol. The molecule has 3 rings (SSSR count). The van der Waals surface area contributed by atoms with E-state index in [0.717, 1.165) is 11.3 Å². The summed E-state index contributed by atoms with van der Waals surface area (Å²) >= 11 is 7.42. The number of hydrogen-bond acceptors (Lipinski definition) is 3. The van der Waals surface area contributed by atoms with E-state index in [1.807, 2.05) is 47.4 Å². The van der Waals surface area contributed by atoms with Crippen molar-refractivity contribution in [2.75, 3.05) is 16.0 Å². The van der Waals surface area contributed by atoms with E-state index in [-0.39, 0.29) is 17.2 Å². The van der Waals surface area contributed by atoms with Crippen LogP contribution in [-0.2, 0) is 9.59 Å². The standard InChI is InChI=1S/C21H23ClN2O2S/c1-13(2)17-6-4-5-7-18(17)24-19(25)12-27-21(24)15-8-10-16(11-9-15)23-20(26)14(3)22/h4-11,13-14,21H,12H2,1-3H3,(H,23,26)/t14-,21-/m1/s1. The van der Waals surface area contributed by atoms with Crippen LogP contribution in [0.4, 0.5) is 11.4 Å². The number of amides is 2. The third-order valence-corrected chi connectivity index (χ3v) is 5.92. The van der Waals surface area contributed by atoms with Crippen molar-refractivity contribution in [1.29, 1.82) is 0 Å². The van der Waals surface area contributed by atoms with Crippen molar-refractivity contribution in [2.24, 2.45) is 0 Å². The number of thioether (sulfide) groups is 1. The summed E-state index contributed by atoms with van der Waals surface area (Å²) in [6.45, 7) is 5.91. The summed E-state index contributed by atoms with van der Waals surface area (Å²) in [7, 11) is 0. The van der Waals surface area contributed by atoms with Crippen LogP contribution >= 0.6 is 23.4 Å². The lowest BCUT2D eigenvalue weighted by Crippen LogP contribution is -2.29. The van der Waals surface area contributed by atoms with Crippen molar-refractivity contribution < 1.29 is 9.59 Å². The second-order valence-corrected chi connectivity index (χ2v) is 8.59. The van der Waals surface area contributed by atoms with Crippen LogP contribution in [0.1, 0.15) is 43.2 Å². The quantitative estimate of drug-likeness (QED) is 0.703. The molecule has 0 saturated carbocycles. The molecule has 6 heteroatoms. The monoisotopic (exact) mass is 402 g/mol. The van der Waals surface area contributed by atoms with Crippen LogP contribution in [-0.4, -0.2) is 22.9 Å². The van der Waals surface area contributed by atoms with Crippen molar-refractivity contribution >= 4 is 46.6 Å². The summed E-state index contributed by atoms with van der Waals surface area (Å²) in [5.41, 5.74) is 3.86. The van der Waals surface area contributed by atoms with Gasteiger partial charge in [0.05, 0.1) is 5.75 Å². The summed E-state index contributed by atoms with van der Waals surface area (Å²) in [6.07, 6.45) is 0. The van der Waals surface area contributed by atoms with E-state index in [1.165, 1.54) is 5.56 Å². The van der Waals surface area contributed by atoms with E-state index >= 15 is 0 Å². The summed E-state index contributed by atoms with van der Waals surface area (Å²) in [4.78, 5) is 26.3. The number of nitrogens with one attached hydrogen (secondary N) is 1. The minimum absolute atomic E-state index is 0.0749. The van der Waals surface area contributed by atoms with Crippen LogP contribution in [0.2, 0.25) is 0 Å². The number of alkyl halides is 1. The van der Waals surface area contributed by atoms with Gasteiger partial charge in [0.15, 0.2) is 0 Å². The van der Waals surface area contributed by atoms with Gasteiger partial charge in [-0.05, 0) is 42.2 Å². The molecule has 1 saturated heterocycles. The van der Waals surface area contributed by atoms with E-state index in [1.54, 1.807) is 18.7 Å². The Bertz CT molecular complexity index is 836. The molecule has 27 heavy (non-hydrogen) atoms. The van der Waals surface area contributed by atoms with Crippen molar-refractivity contribution in [1.82, 2.24) is 0 Å². The lowest BCUT2D eigenvalue weighted by Gasteiger charge is -2.27. The van der Waals surface area contributed by atoms with Crippen LogP contribution in [0.25, 0.3) is 0 Å². The first-order chi connectivity index (χ1) is 12.9. The second-order valence-electron chi connectivity index (χ2n) is 6.87. The second kappa shape index (κ2) is 8.36. The Morgan fingerprint density at radius 2 is 1.81 bits per heavy atom. The number of nitrogens with zero attached hydrogens (tertiary/aromatic N) is 1. The Kier molecular flexibility index (Phi) is 6.12. The molecule has 2 atom stereocenters. The number of benzene rings is 2. The van der Waals surface area contributed by atoms with Crippen molar-refractivity contribution in [2.45, 2.75) is 37.4 Å². The number of carbonyl (C=O) groups excluding carboxylic acids is 2. The lowest BCUT2D eigenvalue weighted by atomic mass is 10.00. The SMILES string of the molecule is CC(C)c1ccccc1N1C(=O)CS[C@@H]1c1ccc(NC(=O)[C@@H](C)Cl)cc1. The van der Waals surface area contributed by atoms with Crippen molar-refractivity contribution in [3.05, 3.63) is 59.7 Å². The van der Waals surface area contributed by atoms with E-state index in [2.05, 4.69) is 25.2 Å². The molecule has 4 nitrogen and oxygen atoms in total. The van der Waals surface area contributed by atoms with Crippen LogP contribution < -0.4 is 10.2 Å². The van der Waals surface area contributed by atoms with E-state index < -0.39 is 5.38 Å². The smallest absolute Gasteiger partial charge is 0.242 e. The number of para-hydroxylation sites is 1. The maximum absolute atomic E-state index is 12.7. The largest absolute Gasteiger partial charge is 0.325 e. The first-order valence-electron chi connectivity index (χ1n) is 8.96. The molecule has 0 radical (unpaired) electrons. The number of rotatable bonds is 5. The molecule has 0 bridgehead atoms. The minimum Gasteiger partial charge on any atom is -0.325 e. The molecule has 2 aromatic carbocycles. The Morgan fingerprint density at radius 3 is 2.44 bits per heavy atom. The molecule has 0 aliphatic carbocycles. The first-order valence-corrected chi connectivity index (χ1v) is 10.4. The average Bonchev–Trinajstić information content (AvgIpc) is 3.03. The number of anilines is 2. The maximum atomic E-state index is 12.7.